The van der Waals surface area contributed by atoms with Gasteiger partial charge in [0.2, 0.25) is 5.91 Å². The summed E-state index contributed by atoms with van der Waals surface area (Å²) < 4.78 is 19.4. The topological polar surface area (TPSA) is 70.7 Å². The summed E-state index contributed by atoms with van der Waals surface area (Å²) in [4.78, 5) is 26.8. The fourth-order valence-corrected chi connectivity index (χ4v) is 3.66. The summed E-state index contributed by atoms with van der Waals surface area (Å²) in [5.74, 6) is -0.695. The Labute approximate surface area is 182 Å². The monoisotopic (exact) mass is 427 g/mol. The van der Waals surface area contributed by atoms with Crippen molar-refractivity contribution in [3.8, 4) is 0 Å². The lowest BCUT2D eigenvalue weighted by atomic mass is 10.1. The van der Waals surface area contributed by atoms with Gasteiger partial charge < -0.3 is 20.3 Å². The first-order valence-corrected chi connectivity index (χ1v) is 10.8. The number of halogens is 1. The van der Waals surface area contributed by atoms with Crippen LogP contribution in [0.2, 0.25) is 0 Å². The van der Waals surface area contributed by atoms with E-state index in [1.807, 2.05) is 32.0 Å². The van der Waals surface area contributed by atoms with Crippen molar-refractivity contribution in [2.24, 2.45) is 0 Å². The van der Waals surface area contributed by atoms with Gasteiger partial charge in [-0.2, -0.15) is 0 Å². The largest absolute Gasteiger partial charge is 0.376 e. The third-order valence-electron chi connectivity index (χ3n) is 5.44. The van der Waals surface area contributed by atoms with Gasteiger partial charge in [-0.25, -0.2) is 9.18 Å². The average molecular weight is 428 g/mol. The standard InChI is InChI=1S/C24H30FN3O3/c1-3-28(16-21-11-7-13-31-21)24(30)26-17(2)18-9-6-10-20(14-18)27-23(29)15-19-8-4-5-12-22(19)25/h4-6,8-10,12,14,17,21H,3,7,11,13,15-16H2,1-2H3,(H,26,30)(H,27,29). The summed E-state index contributed by atoms with van der Waals surface area (Å²) >= 11 is 0. The number of hydrogen-bond acceptors (Lipinski definition) is 3. The highest BCUT2D eigenvalue weighted by atomic mass is 19.1. The normalized spacial score (nSPS) is 16.5. The molecule has 1 aliphatic heterocycles. The van der Waals surface area contributed by atoms with Gasteiger partial charge in [0.15, 0.2) is 0 Å². The number of ether oxygens (including phenoxy) is 1. The van der Waals surface area contributed by atoms with E-state index in [1.54, 1.807) is 29.2 Å². The van der Waals surface area contributed by atoms with Gasteiger partial charge in [0.25, 0.3) is 0 Å². The van der Waals surface area contributed by atoms with E-state index in [0.717, 1.165) is 25.0 Å². The Morgan fingerprint density at radius 3 is 2.74 bits per heavy atom. The molecule has 1 saturated heterocycles. The first kappa shape index (κ1) is 22.7. The van der Waals surface area contributed by atoms with Crippen LogP contribution in [0.1, 0.15) is 43.9 Å². The summed E-state index contributed by atoms with van der Waals surface area (Å²) in [7, 11) is 0. The van der Waals surface area contributed by atoms with E-state index >= 15 is 0 Å². The maximum atomic E-state index is 13.8. The Hall–Kier alpha value is -2.93. The number of hydrogen-bond donors (Lipinski definition) is 2. The van der Waals surface area contributed by atoms with E-state index in [-0.39, 0.29) is 30.5 Å². The fraction of sp³-hybridized carbons (Fsp3) is 0.417. The number of nitrogens with zero attached hydrogens (tertiary/aromatic N) is 1. The Morgan fingerprint density at radius 2 is 2.03 bits per heavy atom. The number of likely N-dealkylation sites (N-methyl/N-ethyl adjacent to an activating group) is 1. The highest BCUT2D eigenvalue weighted by Crippen LogP contribution is 2.19. The molecule has 0 aromatic heterocycles. The quantitative estimate of drug-likeness (QED) is 0.661. The number of urea groups is 1. The van der Waals surface area contributed by atoms with E-state index in [9.17, 15) is 14.0 Å². The van der Waals surface area contributed by atoms with Crippen LogP contribution in [0.3, 0.4) is 0 Å². The zero-order chi connectivity index (χ0) is 22.2. The van der Waals surface area contributed by atoms with Crippen molar-refractivity contribution in [3.63, 3.8) is 0 Å². The average Bonchev–Trinajstić information content (AvgIpc) is 3.27. The number of carbonyl (C=O) groups is 2. The van der Waals surface area contributed by atoms with Gasteiger partial charge in [-0.3, -0.25) is 4.79 Å². The Kier molecular flexibility index (Phi) is 8.00. The van der Waals surface area contributed by atoms with E-state index in [4.69, 9.17) is 4.74 Å². The van der Waals surface area contributed by atoms with Crippen molar-refractivity contribution in [3.05, 3.63) is 65.5 Å². The summed E-state index contributed by atoms with van der Waals surface area (Å²) in [5.41, 5.74) is 1.82. The number of nitrogens with one attached hydrogen (secondary N) is 2. The molecule has 2 aromatic carbocycles. The second-order valence-corrected chi connectivity index (χ2v) is 7.79. The molecule has 0 bridgehead atoms. The van der Waals surface area contributed by atoms with E-state index in [2.05, 4.69) is 10.6 Å². The van der Waals surface area contributed by atoms with Crippen molar-refractivity contribution < 1.29 is 18.7 Å². The molecule has 6 nitrogen and oxygen atoms in total. The lowest BCUT2D eigenvalue weighted by Crippen LogP contribution is -2.44. The molecule has 2 N–H and O–H groups in total. The molecule has 166 valence electrons. The molecule has 7 heteroatoms. The molecule has 2 atom stereocenters. The van der Waals surface area contributed by atoms with Gasteiger partial charge in [0.1, 0.15) is 5.82 Å². The van der Waals surface area contributed by atoms with E-state index < -0.39 is 5.82 Å². The van der Waals surface area contributed by atoms with Crippen molar-refractivity contribution in [1.82, 2.24) is 10.2 Å². The summed E-state index contributed by atoms with van der Waals surface area (Å²) in [5, 5.41) is 5.82. The molecule has 1 fully saturated rings. The zero-order valence-corrected chi connectivity index (χ0v) is 18.1. The van der Waals surface area contributed by atoms with Crippen molar-refractivity contribution in [1.29, 1.82) is 0 Å². The van der Waals surface area contributed by atoms with Crippen LogP contribution in [-0.4, -0.2) is 42.6 Å². The molecule has 3 amide bonds. The molecular formula is C24H30FN3O3. The molecule has 2 unspecified atom stereocenters. The maximum absolute atomic E-state index is 13.8. The van der Waals surface area contributed by atoms with Crippen LogP contribution in [-0.2, 0) is 16.0 Å². The van der Waals surface area contributed by atoms with Crippen LogP contribution in [0.25, 0.3) is 0 Å². The number of carbonyl (C=O) groups excluding carboxylic acids is 2. The van der Waals surface area contributed by atoms with Crippen LogP contribution >= 0.6 is 0 Å². The van der Waals surface area contributed by atoms with Crippen LogP contribution in [0.5, 0.6) is 0 Å². The minimum Gasteiger partial charge on any atom is -0.376 e. The van der Waals surface area contributed by atoms with Crippen molar-refractivity contribution >= 4 is 17.6 Å². The lowest BCUT2D eigenvalue weighted by Gasteiger charge is -2.26. The Bertz CT molecular complexity index is 899. The number of anilines is 1. The Balaban J connectivity index is 1.57. The van der Waals surface area contributed by atoms with Gasteiger partial charge in [-0.05, 0) is 56.0 Å². The minimum absolute atomic E-state index is 0.0438. The van der Waals surface area contributed by atoms with E-state index in [0.29, 0.717) is 24.3 Å². The number of rotatable bonds is 8. The van der Waals surface area contributed by atoms with Crippen LogP contribution in [0.15, 0.2) is 48.5 Å². The minimum atomic E-state index is -0.397. The molecule has 0 radical (unpaired) electrons. The molecule has 3 rings (SSSR count). The molecule has 0 saturated carbocycles. The van der Waals surface area contributed by atoms with Crippen LogP contribution < -0.4 is 10.6 Å². The number of benzene rings is 2. The predicted molar refractivity (Wildman–Crippen MR) is 118 cm³/mol. The lowest BCUT2D eigenvalue weighted by molar-refractivity contribution is -0.115. The predicted octanol–water partition coefficient (Wildman–Crippen LogP) is 4.28. The molecule has 31 heavy (non-hydrogen) atoms. The maximum Gasteiger partial charge on any atom is 0.317 e. The third-order valence-corrected chi connectivity index (χ3v) is 5.44. The highest BCUT2D eigenvalue weighted by Gasteiger charge is 2.22. The number of amides is 3. The SMILES string of the molecule is CCN(CC1CCCO1)C(=O)NC(C)c1cccc(NC(=O)Cc2ccccc2F)c1. The molecule has 0 spiro atoms. The Morgan fingerprint density at radius 1 is 1.23 bits per heavy atom. The summed E-state index contributed by atoms with van der Waals surface area (Å²) in [6.45, 7) is 5.80. The van der Waals surface area contributed by atoms with Gasteiger partial charge in [-0.15, -0.1) is 0 Å². The van der Waals surface area contributed by atoms with Gasteiger partial charge in [0, 0.05) is 25.4 Å². The van der Waals surface area contributed by atoms with Crippen molar-refractivity contribution in [2.45, 2.75) is 45.3 Å². The van der Waals surface area contributed by atoms with Gasteiger partial charge >= 0.3 is 6.03 Å². The van der Waals surface area contributed by atoms with Crippen LogP contribution in [0, 0.1) is 5.82 Å². The first-order valence-electron chi connectivity index (χ1n) is 10.8. The summed E-state index contributed by atoms with van der Waals surface area (Å²) in [6.07, 6.45) is 2.08. The smallest absolute Gasteiger partial charge is 0.317 e. The second kappa shape index (κ2) is 10.9. The molecule has 0 aliphatic carbocycles. The zero-order valence-electron chi connectivity index (χ0n) is 18.1. The third kappa shape index (κ3) is 6.52. The van der Waals surface area contributed by atoms with Gasteiger partial charge in [-0.1, -0.05) is 30.3 Å². The molecular weight excluding hydrogens is 397 g/mol. The van der Waals surface area contributed by atoms with Crippen molar-refractivity contribution in [2.75, 3.05) is 25.0 Å². The first-order chi connectivity index (χ1) is 15.0. The molecule has 1 heterocycles. The van der Waals surface area contributed by atoms with Crippen LogP contribution in [0.4, 0.5) is 14.9 Å². The highest BCUT2D eigenvalue weighted by molar-refractivity contribution is 5.92. The summed E-state index contributed by atoms with van der Waals surface area (Å²) in [6, 6.07) is 13.2. The second-order valence-electron chi connectivity index (χ2n) is 7.79. The van der Waals surface area contributed by atoms with Gasteiger partial charge in [0.05, 0.1) is 18.6 Å². The molecule has 1 aliphatic rings. The fourth-order valence-electron chi connectivity index (χ4n) is 3.66. The van der Waals surface area contributed by atoms with E-state index in [1.165, 1.54) is 6.07 Å². The molecule has 2 aromatic rings.